The molecule has 14 heteroatoms. The zero-order valence-corrected chi connectivity index (χ0v) is 30.3. The van der Waals surface area contributed by atoms with E-state index >= 15 is 0 Å². The number of benzene rings is 3. The molecule has 0 aromatic heterocycles. The zero-order chi connectivity index (χ0) is 37.7. The normalized spacial score (nSPS) is 22.3. The van der Waals surface area contributed by atoms with Crippen molar-refractivity contribution in [3.05, 3.63) is 100 Å². The van der Waals surface area contributed by atoms with Crippen LogP contribution in [0.2, 0.25) is 0 Å². The van der Waals surface area contributed by atoms with Crippen LogP contribution in [0.5, 0.6) is 5.75 Å². The number of ketones is 2. The number of aromatic hydroxyl groups is 1. The summed E-state index contributed by atoms with van der Waals surface area (Å²) in [5.41, 5.74) is 4.93. The van der Waals surface area contributed by atoms with Gasteiger partial charge in [0.15, 0.2) is 0 Å². The summed E-state index contributed by atoms with van der Waals surface area (Å²) in [6, 6.07) is 18.1. The molecule has 0 heterocycles. The van der Waals surface area contributed by atoms with Gasteiger partial charge in [-0.2, -0.15) is 0 Å². The van der Waals surface area contributed by atoms with Crippen LogP contribution in [0.3, 0.4) is 0 Å². The van der Waals surface area contributed by atoms with Gasteiger partial charge in [-0.3, -0.25) is 9.59 Å². The summed E-state index contributed by atoms with van der Waals surface area (Å²) in [6.07, 6.45) is -0.0798. The summed E-state index contributed by atoms with van der Waals surface area (Å²) >= 11 is 0. The van der Waals surface area contributed by atoms with Crippen molar-refractivity contribution in [2.24, 2.45) is 17.6 Å². The topological polar surface area (TPSA) is 212 Å². The monoisotopic (exact) mass is 733 g/mol. The van der Waals surface area contributed by atoms with Crippen LogP contribution < -0.4 is 16.0 Å². The van der Waals surface area contributed by atoms with Gasteiger partial charge in [0.25, 0.3) is 5.91 Å². The summed E-state index contributed by atoms with van der Waals surface area (Å²) in [5.74, 6) is -7.55. The second-order valence-corrected chi connectivity index (χ2v) is 15.9. The van der Waals surface area contributed by atoms with E-state index in [2.05, 4.69) is 5.32 Å². The molecule has 3 aliphatic carbocycles. The van der Waals surface area contributed by atoms with Gasteiger partial charge in [-0.05, 0) is 0 Å². The molecule has 13 nitrogen and oxygen atoms in total. The molecule has 3 aromatic carbocycles. The molecular weight excluding hydrogens is 689 g/mol. The minimum atomic E-state index is -3.85. The predicted octanol–water partition coefficient (Wildman–Crippen LogP) is 4.98. The molecule has 276 valence electrons. The fourth-order valence-electron chi connectivity index (χ4n) is 7.85. The number of rotatable bonds is 11. The number of Topliss-reactive ketones (excluding diaryl/α,β-unsaturated/α-hetero) is 2. The van der Waals surface area contributed by atoms with E-state index in [9.17, 15) is 39.7 Å². The molecule has 0 saturated carbocycles. The number of allylic oxidation sites excluding steroid dienone is 2. The summed E-state index contributed by atoms with van der Waals surface area (Å²) in [5, 5.41) is 48.8. The van der Waals surface area contributed by atoms with Crippen LogP contribution in [0.25, 0.3) is 11.1 Å². The van der Waals surface area contributed by atoms with Gasteiger partial charge in [-0.25, -0.2) is 0 Å². The van der Waals surface area contributed by atoms with Crippen molar-refractivity contribution >= 4 is 36.8 Å². The Kier molecular flexibility index (Phi) is 9.95. The Bertz CT molecular complexity index is 1990. The summed E-state index contributed by atoms with van der Waals surface area (Å²) in [7, 11) is -0.254. The molecule has 6 rings (SSSR count). The number of hydrogen-bond donors (Lipinski definition) is 7. The van der Waals surface area contributed by atoms with E-state index in [0.29, 0.717) is 27.9 Å². The molecule has 0 bridgehead atoms. The molecule has 0 fully saturated rings. The Hall–Kier alpha value is -4.78. The number of aliphatic hydroxyl groups is 3. The van der Waals surface area contributed by atoms with Crippen molar-refractivity contribution in [1.82, 2.24) is 0 Å². The number of fused-ring (bicyclic) bond motifs is 3. The van der Waals surface area contributed by atoms with Crippen LogP contribution in [0, 0.1) is 11.8 Å². The van der Waals surface area contributed by atoms with Gasteiger partial charge in [0.05, 0.1) is 0 Å². The van der Waals surface area contributed by atoms with E-state index < -0.39 is 65.7 Å². The molecule has 1 unspecified atom stereocenters. The molecule has 52 heavy (non-hydrogen) atoms. The number of primary amides is 1. The fraction of sp³-hybridized carbons (Fsp3) is 0.342. The van der Waals surface area contributed by atoms with Crippen molar-refractivity contribution in [3.63, 3.8) is 0 Å². The first kappa shape index (κ1) is 37.0. The van der Waals surface area contributed by atoms with Crippen LogP contribution in [0.1, 0.15) is 54.0 Å². The van der Waals surface area contributed by atoms with Crippen LogP contribution in [0.15, 0.2) is 83.3 Å². The minimum absolute atomic E-state index is 0.0388. The van der Waals surface area contributed by atoms with Crippen LogP contribution in [-0.2, 0) is 25.1 Å². The zero-order valence-electron chi connectivity index (χ0n) is 29.3. The predicted molar refractivity (Wildman–Crippen MR) is 197 cm³/mol. The average Bonchev–Trinajstić information content (AvgIpc) is 3.09. The summed E-state index contributed by atoms with van der Waals surface area (Å²) < 4.78 is 11.7. The number of carbonyl (C=O) groups excluding carboxylic acids is 3. The molecule has 0 saturated heterocycles. The van der Waals surface area contributed by atoms with Crippen LogP contribution in [-0.4, -0.2) is 75.7 Å². The number of nitrogens with one attached hydrogen (secondary N) is 1. The number of phenols is 1. The van der Waals surface area contributed by atoms with Crippen molar-refractivity contribution in [3.8, 4) is 16.9 Å². The average molecular weight is 734 g/mol. The van der Waals surface area contributed by atoms with Crippen LogP contribution in [0.4, 0.5) is 11.4 Å². The quantitative estimate of drug-likeness (QED) is 0.103. The molecule has 1 amide bonds. The van der Waals surface area contributed by atoms with E-state index in [-0.39, 0.29) is 49.4 Å². The SMILES string of the molecule is CCO[PH](O)(OCC)C(Nc1ccccc1)c1ccc(-c2cc(N(C)C)c3c(c2O)C(=O)C2=C(O)[C@]4(O)C(=O)C(C(N)=O)=C(O)C[C@@H]4C[C@@H]2C3)cc1. The molecule has 0 radical (unpaired) electrons. The second-order valence-electron chi connectivity index (χ2n) is 13.5. The fourth-order valence-corrected chi connectivity index (χ4v) is 10.1. The van der Waals surface area contributed by atoms with E-state index in [1.807, 2.05) is 35.2 Å². The number of para-hydroxylation sites is 1. The van der Waals surface area contributed by atoms with Crippen molar-refractivity contribution in [2.45, 2.75) is 44.5 Å². The first-order valence-corrected chi connectivity index (χ1v) is 19.0. The Morgan fingerprint density at radius 3 is 2.23 bits per heavy atom. The van der Waals surface area contributed by atoms with Gasteiger partial charge < -0.3 is 15.9 Å². The maximum absolute atomic E-state index is 14.4. The number of amides is 1. The number of aliphatic hydroxyl groups excluding tert-OH is 2. The van der Waals surface area contributed by atoms with Gasteiger partial charge in [-0.1, -0.05) is 0 Å². The number of nitrogens with zero attached hydrogens (tertiary/aromatic N) is 1. The van der Waals surface area contributed by atoms with Crippen LogP contribution >= 0.6 is 7.94 Å². The van der Waals surface area contributed by atoms with Gasteiger partial charge in [0.1, 0.15) is 11.3 Å². The van der Waals surface area contributed by atoms with Gasteiger partial charge >= 0.3 is 241 Å². The van der Waals surface area contributed by atoms with Gasteiger partial charge in [0, 0.05) is 12.3 Å². The third kappa shape index (κ3) is 6.02. The molecular formula is C38H44N3O10P. The van der Waals surface area contributed by atoms with Crippen molar-refractivity contribution in [1.29, 1.82) is 0 Å². The molecule has 0 spiro atoms. The third-order valence-corrected chi connectivity index (χ3v) is 12.8. The second kappa shape index (κ2) is 14.0. The molecule has 8 N–H and O–H groups in total. The maximum atomic E-state index is 14.4. The Morgan fingerprint density at radius 1 is 1.02 bits per heavy atom. The van der Waals surface area contributed by atoms with E-state index in [1.165, 1.54) is 0 Å². The third-order valence-electron chi connectivity index (χ3n) is 10.2. The number of nitrogens with two attached hydrogens (primary N) is 1. The summed E-state index contributed by atoms with van der Waals surface area (Å²) in [4.78, 5) is 53.3. The number of anilines is 2. The standard InChI is InChI=1S/C38H44N3O10P/c1-5-50-52(49,51-6-2)37(40-24-10-8-7-9-11-24)21-14-12-20(13-15-21)25-19-27(41(3)4)26-17-22-16-23-18-28(42)31(36(39)47)35(46)38(23,48)34(45)29(22)33(44)30(26)32(25)43/h7-15,19,22-23,37,40,42-43,45,48-49,52H,5-6,16-18H2,1-4H3,(H2,39,47)/t22-,23+,37?,38+/m1/s1. The Morgan fingerprint density at radius 2 is 1.65 bits per heavy atom. The van der Waals surface area contributed by atoms with Gasteiger partial charge in [0.2, 0.25) is 5.78 Å². The van der Waals surface area contributed by atoms with E-state index in [0.717, 1.165) is 5.69 Å². The van der Waals surface area contributed by atoms with E-state index in [1.54, 1.807) is 58.3 Å². The molecule has 0 aliphatic heterocycles. The van der Waals surface area contributed by atoms with Crippen molar-refractivity contribution in [2.75, 3.05) is 37.5 Å². The number of hydrogen-bond acceptors (Lipinski definition) is 12. The molecule has 4 atom stereocenters. The Balaban J connectivity index is 1.44. The number of phenolic OH excluding ortho intramolecular Hbond substituents is 1. The first-order valence-electron chi connectivity index (χ1n) is 17.1. The number of carbonyl (C=O) groups is 3. The van der Waals surface area contributed by atoms with Crippen molar-refractivity contribution < 1.29 is 48.8 Å². The Labute approximate surface area is 301 Å². The first-order chi connectivity index (χ1) is 24.7. The van der Waals surface area contributed by atoms with Gasteiger partial charge in [-0.15, -0.1) is 0 Å². The molecule has 3 aromatic rings. The summed E-state index contributed by atoms with van der Waals surface area (Å²) in [6.45, 7) is 4.00. The molecule has 3 aliphatic rings. The van der Waals surface area contributed by atoms with E-state index in [4.69, 9.17) is 14.8 Å².